The van der Waals surface area contributed by atoms with Crippen molar-refractivity contribution in [3.05, 3.63) is 0 Å². The van der Waals surface area contributed by atoms with E-state index in [-0.39, 0.29) is 24.0 Å². The number of piperidine rings is 1. The molecule has 2 fully saturated rings. The fraction of sp³-hybridized carbons (Fsp3) is 0.941. The topological polar surface area (TPSA) is 46.1 Å². The summed E-state index contributed by atoms with van der Waals surface area (Å²) in [6, 6.07) is 0. The molecule has 142 valence electrons. The fourth-order valence-electron chi connectivity index (χ4n) is 3.16. The van der Waals surface area contributed by atoms with Crippen molar-refractivity contribution in [1.29, 1.82) is 0 Å². The number of ether oxygens (including phenoxy) is 2. The van der Waals surface area contributed by atoms with Gasteiger partial charge in [-0.3, -0.25) is 4.99 Å². The zero-order valence-corrected chi connectivity index (χ0v) is 18.3. The zero-order chi connectivity index (χ0) is 16.3. The summed E-state index contributed by atoms with van der Waals surface area (Å²) in [7, 11) is 1.88. The van der Waals surface area contributed by atoms with Crippen molar-refractivity contribution in [1.82, 2.24) is 10.2 Å². The van der Waals surface area contributed by atoms with Gasteiger partial charge in [-0.15, -0.1) is 24.0 Å². The molecule has 0 radical (unpaired) electrons. The second-order valence-electron chi connectivity index (χ2n) is 6.33. The quantitative estimate of drug-likeness (QED) is 0.255. The van der Waals surface area contributed by atoms with Crippen LogP contribution in [-0.2, 0) is 9.47 Å². The van der Waals surface area contributed by atoms with Crippen molar-refractivity contribution in [2.24, 2.45) is 4.99 Å². The molecular weight excluding hydrogens is 437 g/mol. The van der Waals surface area contributed by atoms with E-state index in [1.54, 1.807) is 0 Å². The predicted molar refractivity (Wildman–Crippen MR) is 114 cm³/mol. The Morgan fingerprint density at radius 1 is 1.29 bits per heavy atom. The number of thioether (sulfide) groups is 1. The molecule has 0 bridgehead atoms. The second kappa shape index (κ2) is 13.5. The SMILES string of the molecule is CN=C(NCCCCSC)N1CCC(OCC2CCCO2)CC1.I. The van der Waals surface area contributed by atoms with Crippen molar-refractivity contribution in [3.63, 3.8) is 0 Å². The highest BCUT2D eigenvalue weighted by atomic mass is 127. The molecule has 0 aliphatic carbocycles. The number of nitrogens with one attached hydrogen (secondary N) is 1. The lowest BCUT2D eigenvalue weighted by molar-refractivity contribution is -0.0367. The van der Waals surface area contributed by atoms with E-state index in [0.717, 1.165) is 58.1 Å². The molecule has 24 heavy (non-hydrogen) atoms. The maximum Gasteiger partial charge on any atom is 0.193 e. The van der Waals surface area contributed by atoms with E-state index in [9.17, 15) is 0 Å². The Kier molecular flexibility index (Phi) is 12.5. The van der Waals surface area contributed by atoms with Gasteiger partial charge in [0.05, 0.1) is 18.8 Å². The number of aliphatic imine (C=N–C) groups is 1. The lowest BCUT2D eigenvalue weighted by atomic mass is 10.1. The molecule has 0 spiro atoms. The summed E-state index contributed by atoms with van der Waals surface area (Å²) in [5.74, 6) is 2.29. The highest BCUT2D eigenvalue weighted by Gasteiger charge is 2.23. The molecule has 2 aliphatic rings. The molecule has 1 unspecified atom stereocenters. The van der Waals surface area contributed by atoms with Gasteiger partial charge in [-0.05, 0) is 50.5 Å². The number of hydrogen-bond donors (Lipinski definition) is 1. The van der Waals surface area contributed by atoms with Crippen molar-refractivity contribution in [3.8, 4) is 0 Å². The third-order valence-electron chi connectivity index (χ3n) is 4.55. The minimum absolute atomic E-state index is 0. The minimum atomic E-state index is 0. The van der Waals surface area contributed by atoms with Gasteiger partial charge < -0.3 is 19.7 Å². The van der Waals surface area contributed by atoms with Gasteiger partial charge in [-0.1, -0.05) is 0 Å². The third-order valence-corrected chi connectivity index (χ3v) is 5.25. The van der Waals surface area contributed by atoms with E-state index >= 15 is 0 Å². The van der Waals surface area contributed by atoms with Crippen LogP contribution in [0.3, 0.4) is 0 Å². The molecule has 2 aliphatic heterocycles. The van der Waals surface area contributed by atoms with Crippen LogP contribution in [0.4, 0.5) is 0 Å². The summed E-state index contributed by atoms with van der Waals surface area (Å²) in [5, 5.41) is 3.50. The minimum Gasteiger partial charge on any atom is -0.376 e. The Bertz CT molecular complexity index is 347. The first-order valence-corrected chi connectivity index (χ1v) is 10.4. The van der Waals surface area contributed by atoms with Crippen LogP contribution in [0, 0.1) is 0 Å². The Morgan fingerprint density at radius 3 is 2.71 bits per heavy atom. The van der Waals surface area contributed by atoms with Crippen LogP contribution in [-0.4, -0.2) is 75.0 Å². The van der Waals surface area contributed by atoms with E-state index in [2.05, 4.69) is 21.5 Å². The summed E-state index contributed by atoms with van der Waals surface area (Å²) >= 11 is 1.92. The molecular formula is C17H34IN3O2S. The van der Waals surface area contributed by atoms with Crippen LogP contribution in [0.5, 0.6) is 0 Å². The predicted octanol–water partition coefficient (Wildman–Crippen LogP) is 2.98. The average Bonchev–Trinajstić information content (AvgIpc) is 3.10. The van der Waals surface area contributed by atoms with Crippen LogP contribution in [0.15, 0.2) is 4.99 Å². The normalized spacial score (nSPS) is 22.5. The largest absolute Gasteiger partial charge is 0.376 e. The summed E-state index contributed by atoms with van der Waals surface area (Å²) in [5.41, 5.74) is 0. The van der Waals surface area contributed by atoms with E-state index in [1.165, 1.54) is 25.0 Å². The number of halogens is 1. The molecule has 5 nitrogen and oxygen atoms in total. The molecule has 0 aromatic heterocycles. The molecule has 0 aromatic carbocycles. The van der Waals surface area contributed by atoms with Gasteiger partial charge in [-0.25, -0.2) is 0 Å². The van der Waals surface area contributed by atoms with Crippen molar-refractivity contribution >= 4 is 41.7 Å². The highest BCUT2D eigenvalue weighted by Crippen LogP contribution is 2.17. The lowest BCUT2D eigenvalue weighted by Crippen LogP contribution is -2.47. The highest BCUT2D eigenvalue weighted by molar-refractivity contribution is 14.0. The third kappa shape index (κ3) is 8.10. The summed E-state index contributed by atoms with van der Waals surface area (Å²) in [6.07, 6.45) is 9.87. The van der Waals surface area contributed by atoms with E-state index in [4.69, 9.17) is 9.47 Å². The second-order valence-corrected chi connectivity index (χ2v) is 7.31. The molecule has 2 saturated heterocycles. The molecule has 7 heteroatoms. The number of unbranched alkanes of at least 4 members (excludes halogenated alkanes) is 1. The Labute approximate surface area is 168 Å². The van der Waals surface area contributed by atoms with Crippen molar-refractivity contribution < 1.29 is 9.47 Å². The smallest absolute Gasteiger partial charge is 0.193 e. The zero-order valence-electron chi connectivity index (χ0n) is 15.2. The van der Waals surface area contributed by atoms with Gasteiger partial charge in [0.2, 0.25) is 0 Å². The summed E-state index contributed by atoms with van der Waals surface area (Å²) < 4.78 is 11.7. The van der Waals surface area contributed by atoms with Crippen molar-refractivity contribution in [2.75, 3.05) is 51.9 Å². The fourth-order valence-corrected chi connectivity index (χ4v) is 3.65. The molecule has 0 aromatic rings. The van der Waals surface area contributed by atoms with E-state index in [0.29, 0.717) is 12.2 Å². The standard InChI is InChI=1S/C17H33N3O2S.HI/c1-18-17(19-9-3-4-13-23-2)20-10-7-15(8-11-20)22-14-16-6-5-12-21-16;/h15-16H,3-14H2,1-2H3,(H,18,19);1H. The Morgan fingerprint density at radius 2 is 2.08 bits per heavy atom. The average molecular weight is 471 g/mol. The first kappa shape index (κ1) is 22.3. The summed E-state index contributed by atoms with van der Waals surface area (Å²) in [6.45, 7) is 4.75. The molecule has 0 saturated carbocycles. The van der Waals surface area contributed by atoms with Gasteiger partial charge in [0.15, 0.2) is 5.96 Å². The Hall–Kier alpha value is 0.270. The van der Waals surface area contributed by atoms with Gasteiger partial charge in [0, 0.05) is 33.3 Å². The maximum absolute atomic E-state index is 6.04. The first-order chi connectivity index (χ1) is 11.3. The van der Waals surface area contributed by atoms with Crippen molar-refractivity contribution in [2.45, 2.75) is 50.7 Å². The molecule has 0 amide bonds. The van der Waals surface area contributed by atoms with Crippen LogP contribution in [0.25, 0.3) is 0 Å². The first-order valence-electron chi connectivity index (χ1n) is 9.01. The van der Waals surface area contributed by atoms with E-state index < -0.39 is 0 Å². The molecule has 1 atom stereocenters. The molecule has 2 heterocycles. The number of guanidine groups is 1. The van der Waals surface area contributed by atoms with E-state index in [1.807, 2.05) is 18.8 Å². The molecule has 1 N–H and O–H groups in total. The van der Waals surface area contributed by atoms with Crippen LogP contribution in [0.1, 0.15) is 38.5 Å². The summed E-state index contributed by atoms with van der Waals surface area (Å²) in [4.78, 5) is 6.79. The van der Waals surface area contributed by atoms with Crippen LogP contribution < -0.4 is 5.32 Å². The van der Waals surface area contributed by atoms with Crippen LogP contribution in [0.2, 0.25) is 0 Å². The monoisotopic (exact) mass is 471 g/mol. The number of rotatable bonds is 8. The van der Waals surface area contributed by atoms with Gasteiger partial charge in [0.25, 0.3) is 0 Å². The van der Waals surface area contributed by atoms with Gasteiger partial charge in [0.1, 0.15) is 0 Å². The maximum atomic E-state index is 6.04. The van der Waals surface area contributed by atoms with Gasteiger partial charge >= 0.3 is 0 Å². The lowest BCUT2D eigenvalue weighted by Gasteiger charge is -2.34. The van der Waals surface area contributed by atoms with Crippen LogP contribution >= 0.6 is 35.7 Å². The van der Waals surface area contributed by atoms with Gasteiger partial charge in [-0.2, -0.15) is 11.8 Å². The number of hydrogen-bond acceptors (Lipinski definition) is 4. The Balaban J connectivity index is 0.00000288. The number of likely N-dealkylation sites (tertiary alicyclic amines) is 1. The number of nitrogens with zero attached hydrogens (tertiary/aromatic N) is 2. The molecule has 2 rings (SSSR count).